The highest BCUT2D eigenvalue weighted by Gasteiger charge is 2.14. The average molecular weight is 307 g/mol. The van der Waals surface area contributed by atoms with Crippen molar-refractivity contribution in [1.82, 2.24) is 0 Å². The van der Waals surface area contributed by atoms with Gasteiger partial charge in [-0.15, -0.1) is 0 Å². The molecule has 0 aliphatic heterocycles. The number of methoxy groups -OCH3 is 1. The number of aliphatic hydroxyl groups excluding tert-OH is 1. The first kappa shape index (κ1) is 14.6. The minimum atomic E-state index is -0.852. The van der Waals surface area contributed by atoms with E-state index in [0.717, 1.165) is 0 Å². The average Bonchev–Trinajstić information content (AvgIpc) is 2.32. The van der Waals surface area contributed by atoms with Gasteiger partial charge in [-0.25, -0.2) is 4.39 Å². The molecule has 0 aromatic heterocycles. The van der Waals surface area contributed by atoms with E-state index in [1.807, 2.05) is 0 Å². The summed E-state index contributed by atoms with van der Waals surface area (Å²) in [4.78, 5) is 0. The van der Waals surface area contributed by atoms with E-state index in [4.69, 9.17) is 9.47 Å². The van der Waals surface area contributed by atoms with Crippen LogP contribution in [0.5, 0.6) is 0 Å². The second kappa shape index (κ2) is 7.76. The fraction of sp³-hybridized carbons (Fsp3) is 0.500. The van der Waals surface area contributed by atoms with Crippen molar-refractivity contribution in [3.8, 4) is 0 Å². The van der Waals surface area contributed by atoms with Gasteiger partial charge in [0.2, 0.25) is 0 Å². The lowest BCUT2D eigenvalue weighted by atomic mass is 10.1. The van der Waals surface area contributed by atoms with Crippen molar-refractivity contribution in [3.63, 3.8) is 0 Å². The fourth-order valence-electron chi connectivity index (χ4n) is 1.37. The molecule has 0 fully saturated rings. The number of halogens is 2. The summed E-state index contributed by atoms with van der Waals surface area (Å²) < 4.78 is 24.0. The van der Waals surface area contributed by atoms with E-state index in [2.05, 4.69) is 15.9 Å². The van der Waals surface area contributed by atoms with Crippen LogP contribution in [0.1, 0.15) is 18.1 Å². The highest BCUT2D eigenvalue weighted by atomic mass is 79.9. The molecule has 0 heterocycles. The van der Waals surface area contributed by atoms with Crippen molar-refractivity contribution < 1.29 is 19.0 Å². The molecule has 0 radical (unpaired) electrons. The number of rotatable bonds is 7. The first-order chi connectivity index (χ1) is 8.16. The maximum Gasteiger partial charge on any atom is 0.143 e. The molecule has 96 valence electrons. The number of hydrogen-bond acceptors (Lipinski definition) is 3. The molecule has 0 amide bonds. The van der Waals surface area contributed by atoms with Crippen molar-refractivity contribution in [1.29, 1.82) is 0 Å². The second-order valence-corrected chi connectivity index (χ2v) is 4.41. The maximum atomic E-state index is 13.6. The van der Waals surface area contributed by atoms with Crippen LogP contribution in [0.2, 0.25) is 0 Å². The largest absolute Gasteiger partial charge is 0.388 e. The van der Waals surface area contributed by atoms with Gasteiger partial charge in [0.05, 0.1) is 23.8 Å². The van der Waals surface area contributed by atoms with Gasteiger partial charge in [0.15, 0.2) is 0 Å². The Bertz CT molecular complexity index is 347. The van der Waals surface area contributed by atoms with Gasteiger partial charge in [-0.05, 0) is 22.0 Å². The lowest BCUT2D eigenvalue weighted by molar-refractivity contribution is 0.0468. The molecule has 0 saturated heterocycles. The van der Waals surface area contributed by atoms with Gasteiger partial charge in [-0.3, -0.25) is 0 Å². The SMILES string of the molecule is COCCOCCC(O)c1cccc(Br)c1F. The summed E-state index contributed by atoms with van der Waals surface area (Å²) in [6.07, 6.45) is -0.494. The van der Waals surface area contributed by atoms with Crippen molar-refractivity contribution >= 4 is 15.9 Å². The number of benzene rings is 1. The van der Waals surface area contributed by atoms with Crippen LogP contribution in [-0.4, -0.2) is 32.0 Å². The molecule has 1 aromatic carbocycles. The summed E-state index contributed by atoms with van der Waals surface area (Å²) in [5, 5.41) is 9.81. The topological polar surface area (TPSA) is 38.7 Å². The molecule has 3 nitrogen and oxygen atoms in total. The van der Waals surface area contributed by atoms with E-state index in [0.29, 0.717) is 30.7 Å². The molecule has 0 aliphatic carbocycles. The summed E-state index contributed by atoms with van der Waals surface area (Å²) in [5.74, 6) is -0.420. The minimum absolute atomic E-state index is 0.287. The Morgan fingerprint density at radius 1 is 1.35 bits per heavy atom. The normalized spacial score (nSPS) is 12.7. The third-order valence-electron chi connectivity index (χ3n) is 2.31. The molecular formula is C12H16BrFO3. The molecule has 0 bridgehead atoms. The van der Waals surface area contributed by atoms with Gasteiger partial charge in [0, 0.05) is 25.7 Å². The zero-order valence-corrected chi connectivity index (χ0v) is 11.2. The van der Waals surface area contributed by atoms with E-state index >= 15 is 0 Å². The maximum absolute atomic E-state index is 13.6. The predicted molar refractivity (Wildman–Crippen MR) is 66.4 cm³/mol. The zero-order chi connectivity index (χ0) is 12.7. The quantitative estimate of drug-likeness (QED) is 0.787. The van der Waals surface area contributed by atoms with Crippen LogP contribution in [0.15, 0.2) is 22.7 Å². The van der Waals surface area contributed by atoms with Gasteiger partial charge in [-0.1, -0.05) is 12.1 Å². The second-order valence-electron chi connectivity index (χ2n) is 3.55. The molecule has 1 aromatic rings. The summed E-state index contributed by atoms with van der Waals surface area (Å²) in [6.45, 7) is 1.36. The molecular weight excluding hydrogens is 291 g/mol. The standard InChI is InChI=1S/C12H16BrFO3/c1-16-7-8-17-6-5-11(15)9-3-2-4-10(13)12(9)14/h2-4,11,15H,5-8H2,1H3. The van der Waals surface area contributed by atoms with Crippen LogP contribution >= 0.6 is 15.9 Å². The van der Waals surface area contributed by atoms with Crippen LogP contribution in [0.3, 0.4) is 0 Å². The Morgan fingerprint density at radius 3 is 2.82 bits per heavy atom. The Kier molecular flexibility index (Phi) is 6.65. The first-order valence-electron chi connectivity index (χ1n) is 5.35. The van der Waals surface area contributed by atoms with Crippen molar-refractivity contribution in [2.75, 3.05) is 26.9 Å². The van der Waals surface area contributed by atoms with Crippen molar-refractivity contribution in [2.24, 2.45) is 0 Å². The Morgan fingerprint density at radius 2 is 2.12 bits per heavy atom. The van der Waals surface area contributed by atoms with E-state index in [-0.39, 0.29) is 5.56 Å². The lowest BCUT2D eigenvalue weighted by Crippen LogP contribution is -2.08. The third-order valence-corrected chi connectivity index (χ3v) is 2.92. The van der Waals surface area contributed by atoms with Crippen molar-refractivity contribution in [2.45, 2.75) is 12.5 Å². The predicted octanol–water partition coefficient (Wildman–Crippen LogP) is 2.67. The van der Waals surface area contributed by atoms with Crippen LogP contribution in [-0.2, 0) is 9.47 Å². The Hall–Kier alpha value is -0.490. The highest BCUT2D eigenvalue weighted by molar-refractivity contribution is 9.10. The molecule has 0 spiro atoms. The molecule has 1 atom stereocenters. The first-order valence-corrected chi connectivity index (χ1v) is 6.14. The van der Waals surface area contributed by atoms with Crippen LogP contribution in [0.4, 0.5) is 4.39 Å². The summed E-state index contributed by atoms with van der Waals surface area (Å²) in [5.41, 5.74) is 0.287. The third kappa shape index (κ3) is 4.71. The van der Waals surface area contributed by atoms with Crippen molar-refractivity contribution in [3.05, 3.63) is 34.1 Å². The van der Waals surface area contributed by atoms with Gasteiger partial charge < -0.3 is 14.6 Å². The van der Waals surface area contributed by atoms with E-state index < -0.39 is 11.9 Å². The van der Waals surface area contributed by atoms with Crippen LogP contribution < -0.4 is 0 Å². The zero-order valence-electron chi connectivity index (χ0n) is 9.66. The monoisotopic (exact) mass is 306 g/mol. The van der Waals surface area contributed by atoms with Gasteiger partial charge in [-0.2, -0.15) is 0 Å². The molecule has 1 N–H and O–H groups in total. The number of hydrogen-bond donors (Lipinski definition) is 1. The Labute approximate surface area is 109 Å². The van der Waals surface area contributed by atoms with E-state index in [1.54, 1.807) is 25.3 Å². The van der Waals surface area contributed by atoms with Gasteiger partial charge >= 0.3 is 0 Å². The molecule has 1 unspecified atom stereocenters. The molecule has 5 heteroatoms. The minimum Gasteiger partial charge on any atom is -0.388 e. The van der Waals surface area contributed by atoms with Crippen LogP contribution in [0.25, 0.3) is 0 Å². The van der Waals surface area contributed by atoms with E-state index in [1.165, 1.54) is 0 Å². The summed E-state index contributed by atoms with van der Waals surface area (Å²) >= 11 is 3.08. The van der Waals surface area contributed by atoms with Gasteiger partial charge in [0.1, 0.15) is 5.82 Å². The summed E-state index contributed by atoms with van der Waals surface area (Å²) in [7, 11) is 1.59. The number of ether oxygens (including phenoxy) is 2. The Balaban J connectivity index is 2.41. The highest BCUT2D eigenvalue weighted by Crippen LogP contribution is 2.25. The smallest absolute Gasteiger partial charge is 0.143 e. The molecule has 1 rings (SSSR count). The number of aliphatic hydroxyl groups is 1. The molecule has 0 aliphatic rings. The van der Waals surface area contributed by atoms with Crippen LogP contribution in [0, 0.1) is 5.82 Å². The summed E-state index contributed by atoms with van der Waals surface area (Å²) in [6, 6.07) is 4.86. The lowest BCUT2D eigenvalue weighted by Gasteiger charge is -2.12. The van der Waals surface area contributed by atoms with E-state index in [9.17, 15) is 9.50 Å². The fourth-order valence-corrected chi connectivity index (χ4v) is 1.75. The molecule has 0 saturated carbocycles. The molecule has 17 heavy (non-hydrogen) atoms. The van der Waals surface area contributed by atoms with Gasteiger partial charge in [0.25, 0.3) is 0 Å².